The number of thiocarbonyl (C=S) groups is 3. The predicted octanol–water partition coefficient (Wildman–Crippen LogP) is 7.36. The number of nitriles is 1. The predicted molar refractivity (Wildman–Crippen MR) is 170 cm³/mol. The van der Waals surface area contributed by atoms with Crippen LogP contribution in [0.1, 0.15) is 66.5 Å². The van der Waals surface area contributed by atoms with E-state index in [0.717, 1.165) is 38.4 Å². The van der Waals surface area contributed by atoms with E-state index in [1.54, 1.807) is 6.07 Å². The number of carbonyl (C=O) groups excluding carboxylic acids is 1. The normalized spacial score (nSPS) is 9.19. The molecule has 0 aromatic heterocycles. The zero-order valence-corrected chi connectivity index (χ0v) is 25.8. The van der Waals surface area contributed by atoms with Gasteiger partial charge in [-0.15, -0.1) is 0 Å². The summed E-state index contributed by atoms with van der Waals surface area (Å²) in [4.78, 5) is 12.6. The summed E-state index contributed by atoms with van der Waals surface area (Å²) < 4.78 is 4.80. The molecule has 0 saturated heterocycles. The van der Waals surface area contributed by atoms with Gasteiger partial charge in [-0.3, -0.25) is 4.79 Å². The van der Waals surface area contributed by atoms with Gasteiger partial charge in [-0.05, 0) is 91.3 Å². The highest BCUT2D eigenvalue weighted by molar-refractivity contribution is 7.80. The maximum Gasteiger partial charge on any atom is 0.303 e. The number of para-hydroxylation sites is 1. The van der Waals surface area contributed by atoms with Gasteiger partial charge in [0.2, 0.25) is 0 Å². The van der Waals surface area contributed by atoms with Crippen LogP contribution in [0.2, 0.25) is 0 Å². The molecule has 3 N–H and O–H groups in total. The van der Waals surface area contributed by atoms with Crippen molar-refractivity contribution < 1.29 is 9.53 Å². The van der Waals surface area contributed by atoms with Crippen LogP contribution in [0.15, 0.2) is 48.5 Å². The number of ether oxygens (including phenoxy) is 1. The Bertz CT molecular complexity index is 1040. The van der Waals surface area contributed by atoms with E-state index in [4.69, 9.17) is 34.4 Å². The lowest BCUT2D eigenvalue weighted by Gasteiger charge is -2.17. The summed E-state index contributed by atoms with van der Waals surface area (Å²) in [5.74, 6) is -0.225. The van der Waals surface area contributed by atoms with Crippen LogP contribution < -0.4 is 16.0 Å². The number of carbonyl (C=O) groups is 1. The van der Waals surface area contributed by atoms with Crippen molar-refractivity contribution in [2.24, 2.45) is 0 Å². The Morgan fingerprint density at radius 3 is 1.70 bits per heavy atom. The van der Waals surface area contributed by atoms with Crippen molar-refractivity contribution in [2.75, 3.05) is 17.2 Å². The first kappa shape index (κ1) is 36.2. The highest BCUT2D eigenvalue weighted by Gasteiger charge is 2.11. The van der Waals surface area contributed by atoms with E-state index in [2.05, 4.69) is 34.2 Å². The van der Waals surface area contributed by atoms with E-state index in [1.165, 1.54) is 6.92 Å². The fourth-order valence-electron chi connectivity index (χ4n) is 2.48. The Hall–Kier alpha value is -2.93. The lowest BCUT2D eigenvalue weighted by molar-refractivity contribution is -0.151. The van der Waals surface area contributed by atoms with Crippen LogP contribution in [-0.2, 0) is 9.53 Å². The minimum atomic E-state index is -0.328. The molecule has 0 spiro atoms. The first-order valence-corrected chi connectivity index (χ1v) is 12.9. The minimum Gasteiger partial charge on any atom is -0.460 e. The quantitative estimate of drug-likeness (QED) is 0.263. The van der Waals surface area contributed by atoms with Crippen LogP contribution in [0.3, 0.4) is 0 Å². The summed E-state index contributed by atoms with van der Waals surface area (Å²) in [6.07, 6.45) is 0. The fourth-order valence-corrected chi connectivity index (χ4v) is 2.86. The number of benzene rings is 2. The van der Waals surface area contributed by atoms with Crippen LogP contribution in [-0.4, -0.2) is 33.1 Å². The van der Waals surface area contributed by atoms with Crippen molar-refractivity contribution in [1.29, 1.82) is 5.26 Å². The summed E-state index contributed by atoms with van der Waals surface area (Å²) in [5, 5.41) is 17.7. The van der Waals surface area contributed by atoms with E-state index in [-0.39, 0.29) is 11.6 Å². The smallest absolute Gasteiger partial charge is 0.303 e. The largest absolute Gasteiger partial charge is 0.460 e. The van der Waals surface area contributed by atoms with Crippen LogP contribution >= 0.6 is 36.7 Å². The Morgan fingerprint density at radius 1 is 0.892 bits per heavy atom. The Labute approximate surface area is 239 Å². The molecule has 0 heterocycles. The van der Waals surface area contributed by atoms with Crippen molar-refractivity contribution in [1.82, 2.24) is 5.32 Å². The highest BCUT2D eigenvalue weighted by Crippen LogP contribution is 2.14. The lowest BCUT2D eigenvalue weighted by Crippen LogP contribution is -2.21. The molecule has 0 unspecified atom stereocenters. The van der Waals surface area contributed by atoms with Crippen LogP contribution in [0.4, 0.5) is 11.4 Å². The second-order valence-electron chi connectivity index (χ2n) is 8.66. The molecule has 37 heavy (non-hydrogen) atoms. The van der Waals surface area contributed by atoms with Crippen LogP contribution in [0.5, 0.6) is 0 Å². The van der Waals surface area contributed by atoms with E-state index in [0.29, 0.717) is 5.56 Å². The van der Waals surface area contributed by atoms with Crippen molar-refractivity contribution in [3.63, 3.8) is 0 Å². The lowest BCUT2D eigenvalue weighted by atomic mass is 10.1. The van der Waals surface area contributed by atoms with Gasteiger partial charge in [0.05, 0.1) is 26.6 Å². The molecular weight excluding hydrogens is 521 g/mol. The van der Waals surface area contributed by atoms with Gasteiger partial charge in [-0.25, -0.2) is 0 Å². The highest BCUT2D eigenvalue weighted by atomic mass is 32.1. The van der Waals surface area contributed by atoms with E-state index < -0.39 is 0 Å². The SMILES string of the molecule is CC(=O)OC(C)(C)C.CC(=S)Nc1ccc(C#N)c(C)c1.CC(=S)Nc1ccccc1.CCNC(C)=S. The van der Waals surface area contributed by atoms with Gasteiger partial charge in [0.15, 0.2) is 0 Å². The number of esters is 1. The minimum absolute atomic E-state index is 0.225. The fraction of sp³-hybridized carbons (Fsp3) is 0.393. The molecule has 2 aromatic rings. The molecule has 2 rings (SSSR count). The molecule has 0 atom stereocenters. The maximum absolute atomic E-state index is 10.2. The van der Waals surface area contributed by atoms with Gasteiger partial charge in [-0.1, -0.05) is 54.9 Å². The second kappa shape index (κ2) is 20.2. The van der Waals surface area contributed by atoms with E-state index in [1.807, 2.05) is 97.9 Å². The second-order valence-corrected chi connectivity index (χ2v) is 10.5. The van der Waals surface area contributed by atoms with Crippen molar-refractivity contribution in [3.05, 3.63) is 59.7 Å². The van der Waals surface area contributed by atoms with Gasteiger partial charge < -0.3 is 20.7 Å². The molecule has 0 bridgehead atoms. The third-order valence-corrected chi connectivity index (χ3v) is 3.99. The number of anilines is 2. The van der Waals surface area contributed by atoms with Crippen molar-refractivity contribution in [2.45, 2.75) is 67.9 Å². The number of aryl methyl sites for hydroxylation is 1. The van der Waals surface area contributed by atoms with Crippen molar-refractivity contribution >= 4 is 69.0 Å². The van der Waals surface area contributed by atoms with Gasteiger partial charge >= 0.3 is 5.97 Å². The summed E-state index contributed by atoms with van der Waals surface area (Å²) in [5.41, 5.74) is 3.32. The number of hydrogen-bond donors (Lipinski definition) is 3. The van der Waals surface area contributed by atoms with Gasteiger partial charge in [0.1, 0.15) is 5.60 Å². The van der Waals surface area contributed by atoms with Crippen LogP contribution in [0.25, 0.3) is 0 Å². The average Bonchev–Trinajstić information content (AvgIpc) is 2.73. The average molecular weight is 561 g/mol. The van der Waals surface area contributed by atoms with Crippen molar-refractivity contribution in [3.8, 4) is 6.07 Å². The monoisotopic (exact) mass is 560 g/mol. The number of nitrogens with one attached hydrogen (secondary N) is 3. The molecule has 2 aromatic carbocycles. The van der Waals surface area contributed by atoms with Crippen LogP contribution in [0, 0.1) is 18.3 Å². The molecule has 9 heteroatoms. The first-order chi connectivity index (χ1) is 17.1. The molecule has 202 valence electrons. The third-order valence-electron chi connectivity index (χ3n) is 3.64. The van der Waals surface area contributed by atoms with Gasteiger partial charge in [0, 0.05) is 24.8 Å². The molecule has 0 fully saturated rings. The molecule has 0 saturated carbocycles. The molecule has 0 radical (unpaired) electrons. The Kier molecular flexibility index (Phi) is 19.7. The Balaban J connectivity index is 0. The summed E-state index contributed by atoms with van der Waals surface area (Å²) in [6.45, 7) is 17.4. The summed E-state index contributed by atoms with van der Waals surface area (Å²) >= 11 is 14.5. The summed E-state index contributed by atoms with van der Waals surface area (Å²) in [7, 11) is 0. The molecular formula is C28H40N4O2S3. The maximum atomic E-state index is 10.2. The van der Waals surface area contributed by atoms with E-state index >= 15 is 0 Å². The molecule has 0 aliphatic heterocycles. The molecule has 6 nitrogen and oxygen atoms in total. The topological polar surface area (TPSA) is 86.2 Å². The standard InChI is InChI=1S/C10H10N2S.C8H9NS.C6H12O2.C4H9NS/c1-7-5-10(12-8(2)13)4-3-9(7)6-11;1-7(10)9-8-5-3-2-4-6-8;1-5(7)8-6(2,3)4;1-3-5-4(2)6/h3-5H,1-2H3,(H,12,13);2-6H,1H3,(H,9,10);1-4H3;3H2,1-2H3,(H,5,6). The molecule has 0 aliphatic rings. The summed E-state index contributed by atoms with van der Waals surface area (Å²) in [6, 6.07) is 17.5. The zero-order chi connectivity index (χ0) is 29.0. The molecule has 0 aliphatic carbocycles. The first-order valence-electron chi connectivity index (χ1n) is 11.7. The third kappa shape index (κ3) is 24.5. The van der Waals surface area contributed by atoms with Gasteiger partial charge in [-0.2, -0.15) is 5.26 Å². The number of rotatable bonds is 3. The molecule has 0 amide bonds. The van der Waals surface area contributed by atoms with E-state index in [9.17, 15) is 4.79 Å². The number of nitrogens with zero attached hydrogens (tertiary/aromatic N) is 1. The zero-order valence-electron chi connectivity index (χ0n) is 23.3. The van der Waals surface area contributed by atoms with Gasteiger partial charge in [0.25, 0.3) is 0 Å². The Morgan fingerprint density at radius 2 is 1.41 bits per heavy atom. The number of hydrogen-bond acceptors (Lipinski definition) is 6.